The van der Waals surface area contributed by atoms with Crippen LogP contribution in [-0.2, 0) is 4.74 Å². The topological polar surface area (TPSA) is 76.3 Å². The van der Waals surface area contributed by atoms with Crippen LogP contribution in [0.15, 0.2) is 16.7 Å². The van der Waals surface area contributed by atoms with E-state index in [1.54, 1.807) is 6.92 Å². The second-order valence-corrected chi connectivity index (χ2v) is 8.93. The van der Waals surface area contributed by atoms with Gasteiger partial charge in [0.05, 0.1) is 12.2 Å². The third kappa shape index (κ3) is 3.86. The lowest BCUT2D eigenvalue weighted by Crippen LogP contribution is -2.50. The molecular formula is C24H30FN5O2. The van der Waals surface area contributed by atoms with E-state index < -0.39 is 12.7 Å². The first kappa shape index (κ1) is 17.9. The predicted octanol–water partition coefficient (Wildman–Crippen LogP) is 4.08. The van der Waals surface area contributed by atoms with Gasteiger partial charge in [-0.1, -0.05) is 5.16 Å². The summed E-state index contributed by atoms with van der Waals surface area (Å²) in [6.45, 7) is 5.53. The highest BCUT2D eigenvalue weighted by Gasteiger charge is 2.32. The average Bonchev–Trinajstić information content (AvgIpc) is 3.45. The largest absolute Gasteiger partial charge is 0.380 e. The van der Waals surface area contributed by atoms with Crippen molar-refractivity contribution < 1.29 is 17.8 Å². The number of fused-ring (bicyclic) bond motifs is 1. The Labute approximate surface area is 191 Å². The quantitative estimate of drug-likeness (QED) is 0.652. The molecule has 0 bridgehead atoms. The van der Waals surface area contributed by atoms with E-state index in [2.05, 4.69) is 27.3 Å². The molecular weight excluding hydrogens is 409 g/mol. The van der Waals surface area contributed by atoms with Crippen LogP contribution in [0.5, 0.6) is 0 Å². The lowest BCUT2D eigenvalue weighted by Gasteiger charge is -2.40. The smallest absolute Gasteiger partial charge is 0.261 e. The number of benzene rings is 1. The van der Waals surface area contributed by atoms with E-state index in [-0.39, 0.29) is 17.1 Å². The van der Waals surface area contributed by atoms with Gasteiger partial charge in [-0.25, -0.2) is 9.37 Å². The minimum atomic E-state index is -2.44. The molecule has 0 saturated carbocycles. The fraction of sp³-hybridized carbons (Fsp3) is 0.542. The fourth-order valence-corrected chi connectivity index (χ4v) is 4.96. The first-order valence-corrected chi connectivity index (χ1v) is 11.2. The predicted molar refractivity (Wildman–Crippen MR) is 121 cm³/mol. The molecule has 32 heavy (non-hydrogen) atoms. The van der Waals surface area contributed by atoms with Gasteiger partial charge in [-0.15, -0.1) is 0 Å². The van der Waals surface area contributed by atoms with Crippen molar-refractivity contribution in [2.75, 3.05) is 24.7 Å². The summed E-state index contributed by atoms with van der Waals surface area (Å²) in [4.78, 5) is 11.3. The molecule has 0 spiro atoms. The van der Waals surface area contributed by atoms with Gasteiger partial charge in [-0.3, -0.25) is 0 Å². The Balaban J connectivity index is 1.58. The van der Waals surface area contributed by atoms with Crippen molar-refractivity contribution in [1.82, 2.24) is 20.4 Å². The molecule has 4 heterocycles. The number of nitrogens with one attached hydrogen (secondary N) is 1. The number of ether oxygens (including phenoxy) is 1. The van der Waals surface area contributed by atoms with Crippen molar-refractivity contribution in [2.24, 2.45) is 0 Å². The Bertz CT molecular complexity index is 1240. The number of hydrogen-bond donors (Lipinski definition) is 1. The molecule has 2 fully saturated rings. The van der Waals surface area contributed by atoms with Crippen molar-refractivity contribution >= 4 is 16.7 Å². The highest BCUT2D eigenvalue weighted by molar-refractivity contribution is 5.93. The minimum absolute atomic E-state index is 0.0658. The second-order valence-electron chi connectivity index (χ2n) is 8.93. The highest BCUT2D eigenvalue weighted by atomic mass is 19.1. The normalized spacial score (nSPS) is 25.7. The molecule has 1 aromatic carbocycles. The highest BCUT2D eigenvalue weighted by Crippen LogP contribution is 2.39. The molecule has 2 aliphatic heterocycles. The minimum Gasteiger partial charge on any atom is -0.380 e. The standard InChI is InChI=1S/C24H30FN5O2/c1-13-9-19-15(3)21(24-26-16(4)29-32-24)23(28-22(19)20(25)10-13)30-7-5-17(11-14(30)2)27-18-6-8-31-12-18/h9-10,14,17-18,27H,5-8,11-12H2,1-4H3/t14-,17-,18+/m1/s1/i1D3. The number of hydrogen-bond acceptors (Lipinski definition) is 7. The van der Waals surface area contributed by atoms with Gasteiger partial charge in [-0.05, 0) is 70.1 Å². The van der Waals surface area contributed by atoms with Crippen molar-refractivity contribution in [3.63, 3.8) is 0 Å². The van der Waals surface area contributed by atoms with Gasteiger partial charge in [0.15, 0.2) is 5.82 Å². The van der Waals surface area contributed by atoms with Crippen LogP contribution < -0.4 is 10.2 Å². The van der Waals surface area contributed by atoms with Crippen molar-refractivity contribution in [3.05, 3.63) is 34.9 Å². The van der Waals surface area contributed by atoms with Crippen LogP contribution in [0.4, 0.5) is 10.2 Å². The summed E-state index contributed by atoms with van der Waals surface area (Å²) in [5.41, 5.74) is 1.35. The van der Waals surface area contributed by atoms with Crippen molar-refractivity contribution in [1.29, 1.82) is 0 Å². The van der Waals surface area contributed by atoms with E-state index in [1.807, 2.05) is 6.92 Å². The fourth-order valence-electron chi connectivity index (χ4n) is 4.96. The molecule has 0 amide bonds. The first-order chi connectivity index (χ1) is 16.6. The lowest BCUT2D eigenvalue weighted by atomic mass is 9.95. The zero-order chi connectivity index (χ0) is 24.9. The van der Waals surface area contributed by atoms with Gasteiger partial charge in [-0.2, -0.15) is 4.98 Å². The van der Waals surface area contributed by atoms with E-state index in [9.17, 15) is 0 Å². The maximum absolute atomic E-state index is 15.2. The Morgan fingerprint density at radius 2 is 2.09 bits per heavy atom. The zero-order valence-corrected chi connectivity index (χ0v) is 18.6. The molecule has 7 nitrogen and oxygen atoms in total. The van der Waals surface area contributed by atoms with Crippen LogP contribution in [0, 0.1) is 26.5 Å². The maximum atomic E-state index is 15.2. The van der Waals surface area contributed by atoms with Crippen LogP contribution in [0.3, 0.4) is 0 Å². The van der Waals surface area contributed by atoms with Gasteiger partial charge in [0.25, 0.3) is 5.89 Å². The van der Waals surface area contributed by atoms with E-state index in [0.717, 1.165) is 45.1 Å². The summed E-state index contributed by atoms with van der Waals surface area (Å²) in [7, 11) is 0. The molecule has 5 rings (SSSR count). The molecule has 0 unspecified atom stereocenters. The molecule has 8 heteroatoms. The number of pyridine rings is 1. The Morgan fingerprint density at radius 1 is 1.22 bits per heavy atom. The van der Waals surface area contributed by atoms with Crippen molar-refractivity contribution in [3.8, 4) is 11.5 Å². The van der Waals surface area contributed by atoms with Gasteiger partial charge in [0, 0.05) is 40.8 Å². The second kappa shape index (κ2) is 8.41. The third-order valence-corrected chi connectivity index (χ3v) is 6.57. The number of piperidine rings is 1. The Hall–Kier alpha value is -2.58. The van der Waals surface area contributed by atoms with Crippen LogP contribution in [-0.4, -0.2) is 53.0 Å². The van der Waals surface area contributed by atoms with Crippen LogP contribution >= 0.6 is 0 Å². The molecule has 2 aromatic heterocycles. The van der Waals surface area contributed by atoms with Crippen LogP contribution in [0.25, 0.3) is 22.4 Å². The lowest BCUT2D eigenvalue weighted by molar-refractivity contribution is 0.185. The van der Waals surface area contributed by atoms with Gasteiger partial charge in [0.1, 0.15) is 17.2 Å². The molecule has 170 valence electrons. The molecule has 2 aliphatic rings. The summed E-state index contributed by atoms with van der Waals surface area (Å²) >= 11 is 0. The first-order valence-electron chi connectivity index (χ1n) is 12.7. The zero-order valence-electron chi connectivity index (χ0n) is 21.6. The number of aryl methyl sites for hydroxylation is 3. The number of rotatable bonds is 4. The van der Waals surface area contributed by atoms with E-state index in [0.29, 0.717) is 46.1 Å². The Kier molecular flexibility index (Phi) is 4.71. The molecule has 3 aromatic rings. The van der Waals surface area contributed by atoms with E-state index in [4.69, 9.17) is 18.4 Å². The molecule has 1 N–H and O–H groups in total. The summed E-state index contributed by atoms with van der Waals surface area (Å²) < 4.78 is 49.5. The number of nitrogens with zero attached hydrogens (tertiary/aromatic N) is 4. The number of anilines is 1. The average molecular weight is 443 g/mol. The van der Waals surface area contributed by atoms with Gasteiger partial charge in [0.2, 0.25) is 0 Å². The van der Waals surface area contributed by atoms with E-state index in [1.165, 1.54) is 6.07 Å². The van der Waals surface area contributed by atoms with Gasteiger partial charge < -0.3 is 19.5 Å². The summed E-state index contributed by atoms with van der Waals surface area (Å²) in [5, 5.41) is 8.09. The van der Waals surface area contributed by atoms with Crippen molar-refractivity contribution in [2.45, 2.75) is 65.0 Å². The summed E-state index contributed by atoms with van der Waals surface area (Å²) in [6, 6.07) is 3.43. The monoisotopic (exact) mass is 442 g/mol. The summed E-state index contributed by atoms with van der Waals surface area (Å²) in [5.74, 6) is 0.688. The molecule has 2 saturated heterocycles. The van der Waals surface area contributed by atoms with Gasteiger partial charge >= 0.3 is 0 Å². The summed E-state index contributed by atoms with van der Waals surface area (Å²) in [6.07, 6.45) is 2.83. The van der Waals surface area contributed by atoms with Crippen LogP contribution in [0.1, 0.15) is 47.2 Å². The van der Waals surface area contributed by atoms with Crippen LogP contribution in [0.2, 0.25) is 0 Å². The third-order valence-electron chi connectivity index (χ3n) is 6.57. The SMILES string of the molecule is [2H]C([2H])([2H])c1cc(F)c2nc(N3CC[C@@H](N[C@H]4CCOC4)C[C@H]3C)c(-c3nc(C)no3)c(C)c2c1. The number of halogens is 1. The molecule has 3 atom stereocenters. The Morgan fingerprint density at radius 3 is 2.78 bits per heavy atom. The number of aromatic nitrogens is 3. The molecule has 0 aliphatic carbocycles. The van der Waals surface area contributed by atoms with E-state index >= 15 is 4.39 Å². The molecule has 0 radical (unpaired) electrons. The maximum Gasteiger partial charge on any atom is 0.261 e.